The first-order valence-corrected chi connectivity index (χ1v) is 10.9. The third-order valence-electron chi connectivity index (χ3n) is 5.13. The first-order valence-electron chi connectivity index (χ1n) is 10.5. The van der Waals surface area contributed by atoms with Gasteiger partial charge in [0, 0.05) is 30.5 Å². The quantitative estimate of drug-likeness (QED) is 0.543. The number of rotatable bonds is 8. The fraction of sp³-hybridized carbons (Fsp3) is 0.240. The van der Waals surface area contributed by atoms with E-state index in [2.05, 4.69) is 10.6 Å². The standard InChI is InChI=1S/C25H26ClN3O3/c1-3-27-24(31)20-15-29(14-13-18-9-5-4-6-10-18)16-21(23(20)30)25(32)28-17(2)19-11-7-8-12-22(19)26/h4-12,15-17H,3,13-14H2,1-2H3,(H,27,31)(H,28,32)/t17-/m1/s1. The SMILES string of the molecule is CCNC(=O)c1cn(CCc2ccccc2)cc(C(=O)N[C@H](C)c2ccccc2Cl)c1=O. The smallest absolute Gasteiger partial charge is 0.257 e. The molecule has 166 valence electrons. The molecule has 1 heterocycles. The molecule has 0 spiro atoms. The number of carbonyl (C=O) groups is 2. The van der Waals surface area contributed by atoms with Crippen LogP contribution in [-0.2, 0) is 13.0 Å². The van der Waals surface area contributed by atoms with Crippen molar-refractivity contribution in [3.05, 3.63) is 104 Å². The van der Waals surface area contributed by atoms with Crippen LogP contribution in [0.1, 0.15) is 51.7 Å². The van der Waals surface area contributed by atoms with Gasteiger partial charge >= 0.3 is 0 Å². The van der Waals surface area contributed by atoms with E-state index in [1.807, 2.05) is 48.5 Å². The van der Waals surface area contributed by atoms with Crippen molar-refractivity contribution in [2.45, 2.75) is 32.9 Å². The molecule has 3 aromatic rings. The fourth-order valence-corrected chi connectivity index (χ4v) is 3.72. The summed E-state index contributed by atoms with van der Waals surface area (Å²) < 4.78 is 1.72. The van der Waals surface area contributed by atoms with Gasteiger partial charge in [-0.1, -0.05) is 60.1 Å². The Labute approximate surface area is 192 Å². The second-order valence-electron chi connectivity index (χ2n) is 7.46. The summed E-state index contributed by atoms with van der Waals surface area (Å²) in [6.07, 6.45) is 3.70. The van der Waals surface area contributed by atoms with Crippen molar-refractivity contribution in [3.8, 4) is 0 Å². The van der Waals surface area contributed by atoms with Gasteiger partial charge in [-0.05, 0) is 37.5 Å². The normalized spacial score (nSPS) is 11.6. The first kappa shape index (κ1) is 23.3. The minimum Gasteiger partial charge on any atom is -0.352 e. The Balaban J connectivity index is 1.91. The molecule has 0 saturated heterocycles. The van der Waals surface area contributed by atoms with E-state index in [0.717, 1.165) is 11.1 Å². The van der Waals surface area contributed by atoms with Crippen molar-refractivity contribution >= 4 is 23.4 Å². The molecule has 2 N–H and O–H groups in total. The zero-order valence-electron chi connectivity index (χ0n) is 18.1. The summed E-state index contributed by atoms with van der Waals surface area (Å²) in [6, 6.07) is 16.6. The highest BCUT2D eigenvalue weighted by Gasteiger charge is 2.21. The van der Waals surface area contributed by atoms with Crippen LogP contribution in [-0.4, -0.2) is 22.9 Å². The lowest BCUT2D eigenvalue weighted by atomic mass is 10.1. The molecule has 0 aliphatic carbocycles. The maximum atomic E-state index is 13.0. The van der Waals surface area contributed by atoms with E-state index in [-0.39, 0.29) is 11.1 Å². The number of amides is 2. The number of benzene rings is 2. The van der Waals surface area contributed by atoms with E-state index in [1.54, 1.807) is 24.5 Å². The molecule has 1 atom stereocenters. The monoisotopic (exact) mass is 451 g/mol. The summed E-state index contributed by atoms with van der Waals surface area (Å²) in [4.78, 5) is 38.5. The second-order valence-corrected chi connectivity index (χ2v) is 7.87. The van der Waals surface area contributed by atoms with Crippen LogP contribution in [0.5, 0.6) is 0 Å². The Morgan fingerprint density at radius 1 is 0.969 bits per heavy atom. The highest BCUT2D eigenvalue weighted by Crippen LogP contribution is 2.22. The number of aryl methyl sites for hydroxylation is 2. The van der Waals surface area contributed by atoms with E-state index in [4.69, 9.17) is 11.6 Å². The number of nitrogens with zero attached hydrogens (tertiary/aromatic N) is 1. The summed E-state index contributed by atoms with van der Waals surface area (Å²) in [5.74, 6) is -1.05. The lowest BCUT2D eigenvalue weighted by molar-refractivity contribution is 0.0938. The number of pyridine rings is 1. The Kier molecular flexibility index (Phi) is 7.84. The van der Waals surface area contributed by atoms with E-state index in [1.165, 1.54) is 12.4 Å². The predicted octanol–water partition coefficient (Wildman–Crippen LogP) is 3.99. The molecule has 0 saturated carbocycles. The molecule has 7 heteroatoms. The van der Waals surface area contributed by atoms with Crippen molar-refractivity contribution < 1.29 is 9.59 Å². The van der Waals surface area contributed by atoms with Gasteiger partial charge in [-0.3, -0.25) is 14.4 Å². The molecule has 0 bridgehead atoms. The van der Waals surface area contributed by atoms with Crippen LogP contribution in [0.25, 0.3) is 0 Å². The van der Waals surface area contributed by atoms with Gasteiger partial charge in [0.15, 0.2) is 0 Å². The Hall–Kier alpha value is -3.38. The molecule has 0 unspecified atom stereocenters. The summed E-state index contributed by atoms with van der Waals surface area (Å²) in [7, 11) is 0. The summed E-state index contributed by atoms with van der Waals surface area (Å²) in [6.45, 7) is 4.45. The molecule has 2 amide bonds. The maximum absolute atomic E-state index is 13.0. The molecule has 0 fully saturated rings. The highest BCUT2D eigenvalue weighted by atomic mass is 35.5. The van der Waals surface area contributed by atoms with Crippen molar-refractivity contribution in [1.29, 1.82) is 0 Å². The Morgan fingerprint density at radius 3 is 2.25 bits per heavy atom. The largest absolute Gasteiger partial charge is 0.352 e. The summed E-state index contributed by atoms with van der Waals surface area (Å²) in [5, 5.41) is 5.99. The Morgan fingerprint density at radius 2 is 1.59 bits per heavy atom. The van der Waals surface area contributed by atoms with Gasteiger partial charge in [-0.15, -0.1) is 0 Å². The van der Waals surface area contributed by atoms with Gasteiger partial charge in [-0.2, -0.15) is 0 Å². The number of hydrogen-bond donors (Lipinski definition) is 2. The van der Waals surface area contributed by atoms with E-state index in [9.17, 15) is 14.4 Å². The van der Waals surface area contributed by atoms with Crippen LogP contribution in [0, 0.1) is 0 Å². The molecular formula is C25H26ClN3O3. The predicted molar refractivity (Wildman–Crippen MR) is 126 cm³/mol. The van der Waals surface area contributed by atoms with Gasteiger partial charge in [0.2, 0.25) is 5.43 Å². The van der Waals surface area contributed by atoms with Crippen molar-refractivity contribution in [3.63, 3.8) is 0 Å². The van der Waals surface area contributed by atoms with Crippen LogP contribution < -0.4 is 16.1 Å². The van der Waals surface area contributed by atoms with Gasteiger partial charge in [-0.25, -0.2) is 0 Å². The van der Waals surface area contributed by atoms with Crippen molar-refractivity contribution in [2.75, 3.05) is 6.54 Å². The lowest BCUT2D eigenvalue weighted by Crippen LogP contribution is -2.36. The van der Waals surface area contributed by atoms with E-state index >= 15 is 0 Å². The molecule has 1 aromatic heterocycles. The van der Waals surface area contributed by atoms with Crippen molar-refractivity contribution in [1.82, 2.24) is 15.2 Å². The number of aromatic nitrogens is 1. The summed E-state index contributed by atoms with van der Waals surface area (Å²) in [5.41, 5.74) is 1.12. The molecule has 0 aliphatic heterocycles. The molecule has 0 aliphatic rings. The molecule has 2 aromatic carbocycles. The van der Waals surface area contributed by atoms with E-state index < -0.39 is 23.3 Å². The van der Waals surface area contributed by atoms with Crippen molar-refractivity contribution in [2.24, 2.45) is 0 Å². The summed E-state index contributed by atoms with van der Waals surface area (Å²) >= 11 is 6.24. The first-order chi connectivity index (χ1) is 15.4. The lowest BCUT2D eigenvalue weighted by Gasteiger charge is -2.17. The van der Waals surface area contributed by atoms with E-state index in [0.29, 0.717) is 24.5 Å². The van der Waals surface area contributed by atoms with Crippen LogP contribution in [0.15, 0.2) is 71.8 Å². The van der Waals surface area contributed by atoms with Crippen LogP contribution in [0.2, 0.25) is 5.02 Å². The van der Waals surface area contributed by atoms with Gasteiger partial charge in [0.1, 0.15) is 11.1 Å². The van der Waals surface area contributed by atoms with Gasteiger partial charge in [0.05, 0.1) is 6.04 Å². The van der Waals surface area contributed by atoms with Crippen LogP contribution in [0.3, 0.4) is 0 Å². The zero-order valence-corrected chi connectivity index (χ0v) is 18.9. The van der Waals surface area contributed by atoms with Crippen LogP contribution in [0.4, 0.5) is 0 Å². The molecule has 32 heavy (non-hydrogen) atoms. The minimum atomic E-state index is -0.601. The molecular weight excluding hydrogens is 426 g/mol. The number of hydrogen-bond acceptors (Lipinski definition) is 3. The number of carbonyl (C=O) groups excluding carboxylic acids is 2. The van der Waals surface area contributed by atoms with Gasteiger partial charge < -0.3 is 15.2 Å². The maximum Gasteiger partial charge on any atom is 0.257 e. The highest BCUT2D eigenvalue weighted by molar-refractivity contribution is 6.31. The third kappa shape index (κ3) is 5.65. The van der Waals surface area contributed by atoms with Crippen LogP contribution >= 0.6 is 11.6 Å². The second kappa shape index (κ2) is 10.8. The van der Waals surface area contributed by atoms with Gasteiger partial charge in [0.25, 0.3) is 11.8 Å². The zero-order chi connectivity index (χ0) is 23.1. The number of halogens is 1. The average Bonchev–Trinajstić information content (AvgIpc) is 2.79. The molecule has 0 radical (unpaired) electrons. The minimum absolute atomic E-state index is 0.0574. The Bertz CT molecular complexity index is 1160. The topological polar surface area (TPSA) is 80.2 Å². The third-order valence-corrected chi connectivity index (χ3v) is 5.47. The fourth-order valence-electron chi connectivity index (χ4n) is 3.42. The average molecular weight is 452 g/mol. The number of nitrogens with one attached hydrogen (secondary N) is 2. The molecule has 6 nitrogen and oxygen atoms in total. The molecule has 3 rings (SSSR count).